The molecule has 16 heavy (non-hydrogen) atoms. The van der Waals surface area contributed by atoms with Gasteiger partial charge in [0.1, 0.15) is 0 Å². The highest BCUT2D eigenvalue weighted by molar-refractivity contribution is 9.10. The number of anilines is 2. The van der Waals surface area contributed by atoms with Gasteiger partial charge in [-0.05, 0) is 47.0 Å². The first-order valence-electron chi connectivity index (χ1n) is 5.54. The van der Waals surface area contributed by atoms with Crippen LogP contribution in [0, 0.1) is 0 Å². The first-order valence-corrected chi connectivity index (χ1v) is 6.34. The van der Waals surface area contributed by atoms with E-state index in [-0.39, 0.29) is 0 Å². The Morgan fingerprint density at radius 1 is 1.56 bits per heavy atom. The summed E-state index contributed by atoms with van der Waals surface area (Å²) >= 11 is 3.53. The second-order valence-electron chi connectivity index (χ2n) is 4.23. The minimum absolute atomic E-state index is 0.370. The summed E-state index contributed by atoms with van der Waals surface area (Å²) in [5, 5.41) is 0. The van der Waals surface area contributed by atoms with Crippen LogP contribution in [0.4, 0.5) is 11.4 Å². The van der Waals surface area contributed by atoms with Gasteiger partial charge in [0.2, 0.25) is 0 Å². The van der Waals surface area contributed by atoms with E-state index >= 15 is 0 Å². The first-order chi connectivity index (χ1) is 7.66. The van der Waals surface area contributed by atoms with Gasteiger partial charge in [0, 0.05) is 30.4 Å². The van der Waals surface area contributed by atoms with Crippen LogP contribution >= 0.6 is 15.9 Å². The van der Waals surface area contributed by atoms with E-state index in [1.54, 1.807) is 0 Å². The zero-order chi connectivity index (χ0) is 11.5. The predicted molar refractivity (Wildman–Crippen MR) is 70.8 cm³/mol. The van der Waals surface area contributed by atoms with E-state index in [2.05, 4.69) is 27.9 Å². The number of nitrogen functional groups attached to an aromatic ring is 1. The van der Waals surface area contributed by atoms with Gasteiger partial charge in [0.05, 0.1) is 11.8 Å². The molecule has 88 valence electrons. The fraction of sp³-hybridized carbons (Fsp3) is 0.500. The normalized spacial score (nSPS) is 20.0. The number of likely N-dealkylation sites (N-methyl/N-ethyl adjacent to an activating group) is 1. The molecule has 1 atom stereocenters. The number of ether oxygens (including phenoxy) is 1. The molecule has 0 bridgehead atoms. The molecule has 0 saturated carbocycles. The molecule has 2 rings (SSSR count). The molecule has 1 aromatic carbocycles. The van der Waals surface area contributed by atoms with E-state index in [1.165, 1.54) is 6.42 Å². The Hall–Kier alpha value is -0.740. The third-order valence-corrected chi connectivity index (χ3v) is 3.52. The van der Waals surface area contributed by atoms with E-state index in [0.717, 1.165) is 35.4 Å². The number of nitrogens with zero attached hydrogens (tertiary/aromatic N) is 1. The molecule has 1 aliphatic rings. The maximum atomic E-state index is 5.72. The molecule has 1 saturated heterocycles. The highest BCUT2D eigenvalue weighted by Gasteiger charge is 2.18. The molecule has 1 heterocycles. The average Bonchev–Trinajstić information content (AvgIpc) is 2.70. The lowest BCUT2D eigenvalue weighted by atomic mass is 10.2. The number of halogens is 1. The molecular formula is C12H17BrN2O. The summed E-state index contributed by atoms with van der Waals surface area (Å²) in [6.45, 7) is 1.84. The number of hydrogen-bond donors (Lipinski definition) is 1. The van der Waals surface area contributed by atoms with Crippen molar-refractivity contribution in [3.63, 3.8) is 0 Å². The van der Waals surface area contributed by atoms with Gasteiger partial charge in [-0.15, -0.1) is 0 Å². The van der Waals surface area contributed by atoms with Crippen LogP contribution in [0.5, 0.6) is 0 Å². The minimum Gasteiger partial charge on any atom is -0.399 e. The standard InChI is InChI=1S/C12H17BrN2O/c1-15(8-10-3-2-6-16-10)12-5-4-9(14)7-11(12)13/h4-5,7,10H,2-3,6,8,14H2,1H3. The van der Waals surface area contributed by atoms with Gasteiger partial charge < -0.3 is 15.4 Å². The van der Waals surface area contributed by atoms with Crippen LogP contribution < -0.4 is 10.6 Å². The number of rotatable bonds is 3. The van der Waals surface area contributed by atoms with Crippen molar-refractivity contribution < 1.29 is 4.74 Å². The van der Waals surface area contributed by atoms with Crippen molar-refractivity contribution in [3.05, 3.63) is 22.7 Å². The molecule has 1 fully saturated rings. The van der Waals surface area contributed by atoms with Gasteiger partial charge in [-0.3, -0.25) is 0 Å². The second kappa shape index (κ2) is 5.06. The lowest BCUT2D eigenvalue weighted by molar-refractivity contribution is 0.116. The maximum absolute atomic E-state index is 5.72. The zero-order valence-corrected chi connectivity index (χ0v) is 11.0. The van der Waals surface area contributed by atoms with Crippen LogP contribution in [0.3, 0.4) is 0 Å². The molecule has 1 unspecified atom stereocenters. The van der Waals surface area contributed by atoms with Crippen molar-refractivity contribution in [1.29, 1.82) is 0 Å². The summed E-state index contributed by atoms with van der Waals surface area (Å²) in [6.07, 6.45) is 2.72. The van der Waals surface area contributed by atoms with Crippen LogP contribution in [0.1, 0.15) is 12.8 Å². The summed E-state index contributed by atoms with van der Waals surface area (Å²) in [4.78, 5) is 2.21. The Kier molecular flexibility index (Phi) is 3.71. The van der Waals surface area contributed by atoms with Crippen molar-refractivity contribution in [2.75, 3.05) is 30.8 Å². The molecule has 1 aromatic rings. The Morgan fingerprint density at radius 3 is 3.00 bits per heavy atom. The van der Waals surface area contributed by atoms with Crippen molar-refractivity contribution in [1.82, 2.24) is 0 Å². The third-order valence-electron chi connectivity index (χ3n) is 2.88. The SMILES string of the molecule is CN(CC1CCCO1)c1ccc(N)cc1Br. The first kappa shape index (κ1) is 11.7. The van der Waals surface area contributed by atoms with Crippen LogP contribution in [-0.4, -0.2) is 26.3 Å². The van der Waals surface area contributed by atoms with E-state index < -0.39 is 0 Å². The van der Waals surface area contributed by atoms with Crippen LogP contribution in [-0.2, 0) is 4.74 Å². The summed E-state index contributed by atoms with van der Waals surface area (Å²) in [7, 11) is 2.08. The van der Waals surface area contributed by atoms with Gasteiger partial charge >= 0.3 is 0 Å². The Bertz CT molecular complexity index is 364. The fourth-order valence-electron chi connectivity index (χ4n) is 2.02. The van der Waals surface area contributed by atoms with Crippen LogP contribution in [0.2, 0.25) is 0 Å². The zero-order valence-electron chi connectivity index (χ0n) is 9.45. The minimum atomic E-state index is 0.370. The van der Waals surface area contributed by atoms with Crippen molar-refractivity contribution >= 4 is 27.3 Å². The lowest BCUT2D eigenvalue weighted by Gasteiger charge is -2.24. The summed E-state index contributed by atoms with van der Waals surface area (Å²) < 4.78 is 6.66. The summed E-state index contributed by atoms with van der Waals surface area (Å²) in [6, 6.07) is 5.89. The summed E-state index contributed by atoms with van der Waals surface area (Å²) in [5.74, 6) is 0. The quantitative estimate of drug-likeness (QED) is 0.868. The number of benzene rings is 1. The van der Waals surface area contributed by atoms with E-state index in [1.807, 2.05) is 18.2 Å². The largest absolute Gasteiger partial charge is 0.399 e. The number of hydrogen-bond acceptors (Lipinski definition) is 3. The van der Waals surface area contributed by atoms with Gasteiger partial charge in [0.15, 0.2) is 0 Å². The van der Waals surface area contributed by atoms with Crippen LogP contribution in [0.15, 0.2) is 22.7 Å². The molecule has 3 nitrogen and oxygen atoms in total. The van der Waals surface area contributed by atoms with Crippen molar-refractivity contribution in [2.45, 2.75) is 18.9 Å². The second-order valence-corrected chi connectivity index (χ2v) is 5.08. The predicted octanol–water partition coefficient (Wildman–Crippen LogP) is 2.65. The Labute approximate surface area is 105 Å². The van der Waals surface area contributed by atoms with Gasteiger partial charge in [0.25, 0.3) is 0 Å². The maximum Gasteiger partial charge on any atom is 0.0750 e. The van der Waals surface area contributed by atoms with Gasteiger partial charge in [-0.1, -0.05) is 0 Å². The highest BCUT2D eigenvalue weighted by Crippen LogP contribution is 2.28. The summed E-state index contributed by atoms with van der Waals surface area (Å²) in [5.41, 5.74) is 7.65. The van der Waals surface area contributed by atoms with E-state index in [0.29, 0.717) is 6.10 Å². The fourth-order valence-corrected chi connectivity index (χ4v) is 2.72. The molecular weight excluding hydrogens is 268 g/mol. The average molecular weight is 285 g/mol. The number of nitrogens with two attached hydrogens (primary N) is 1. The molecule has 0 aliphatic carbocycles. The molecule has 2 N–H and O–H groups in total. The molecule has 0 amide bonds. The van der Waals surface area contributed by atoms with Crippen molar-refractivity contribution in [2.24, 2.45) is 0 Å². The smallest absolute Gasteiger partial charge is 0.0750 e. The van der Waals surface area contributed by atoms with Gasteiger partial charge in [-0.2, -0.15) is 0 Å². The topological polar surface area (TPSA) is 38.5 Å². The Balaban J connectivity index is 2.04. The molecule has 0 radical (unpaired) electrons. The Morgan fingerprint density at radius 2 is 2.38 bits per heavy atom. The van der Waals surface area contributed by atoms with Crippen LogP contribution in [0.25, 0.3) is 0 Å². The molecule has 0 spiro atoms. The molecule has 4 heteroatoms. The lowest BCUT2D eigenvalue weighted by Crippen LogP contribution is -2.28. The molecule has 1 aliphatic heterocycles. The monoisotopic (exact) mass is 284 g/mol. The molecule has 0 aromatic heterocycles. The highest BCUT2D eigenvalue weighted by atomic mass is 79.9. The van der Waals surface area contributed by atoms with Gasteiger partial charge in [-0.25, -0.2) is 0 Å². The van der Waals surface area contributed by atoms with E-state index in [9.17, 15) is 0 Å². The van der Waals surface area contributed by atoms with E-state index in [4.69, 9.17) is 10.5 Å². The third kappa shape index (κ3) is 2.68. The van der Waals surface area contributed by atoms with Crippen molar-refractivity contribution in [3.8, 4) is 0 Å².